The Balaban J connectivity index is 2.19. The highest BCUT2D eigenvalue weighted by Gasteiger charge is 2.33. The Bertz CT molecular complexity index is 417. The van der Waals surface area contributed by atoms with Gasteiger partial charge in [-0.2, -0.15) is 0 Å². The molecule has 1 atom stereocenters. The van der Waals surface area contributed by atoms with Gasteiger partial charge >= 0.3 is 0 Å². The zero-order chi connectivity index (χ0) is 13.6. The lowest BCUT2D eigenvalue weighted by molar-refractivity contribution is 0.355. The first-order valence-corrected chi connectivity index (χ1v) is 10.6. The zero-order valence-corrected chi connectivity index (χ0v) is 13.5. The van der Waals surface area contributed by atoms with Gasteiger partial charge in [0.25, 0.3) is 0 Å². The van der Waals surface area contributed by atoms with Crippen molar-refractivity contribution in [3.8, 4) is 0 Å². The molecule has 0 spiro atoms. The predicted molar refractivity (Wildman–Crippen MR) is 86.5 cm³/mol. The molecule has 0 amide bonds. The highest BCUT2D eigenvalue weighted by molar-refractivity contribution is 8.59. The maximum absolute atomic E-state index is 13.5. The molecule has 1 aliphatic heterocycles. The molecule has 1 fully saturated rings. The molecule has 1 heterocycles. The summed E-state index contributed by atoms with van der Waals surface area (Å²) in [6.07, 6.45) is 5.97. The van der Waals surface area contributed by atoms with Crippen molar-refractivity contribution in [3.05, 3.63) is 30.3 Å². The number of nitrogens with zero attached hydrogens (tertiary/aromatic N) is 1. The van der Waals surface area contributed by atoms with Crippen LogP contribution in [0.15, 0.2) is 30.3 Å². The molecule has 0 aromatic heterocycles. The minimum Gasteiger partial charge on any atom is -0.289 e. The molecular formula is C15H24NOPS. The van der Waals surface area contributed by atoms with Crippen molar-refractivity contribution < 1.29 is 4.57 Å². The van der Waals surface area contributed by atoms with E-state index in [-0.39, 0.29) is 0 Å². The summed E-state index contributed by atoms with van der Waals surface area (Å²) in [6, 6.07) is 10.1. The minimum absolute atomic E-state index is 0.991. The van der Waals surface area contributed by atoms with Crippen molar-refractivity contribution in [2.24, 2.45) is 0 Å². The number of hydrogen-bond donors (Lipinski definition) is 0. The Morgan fingerprint density at radius 2 is 1.84 bits per heavy atom. The third-order valence-corrected chi connectivity index (χ3v) is 9.39. The SMILES string of the molecule is CCCCSP(=O)(c1ccccc1)N1CCCCC1. The zero-order valence-electron chi connectivity index (χ0n) is 11.8. The van der Waals surface area contributed by atoms with Gasteiger partial charge in [-0.3, -0.25) is 4.57 Å². The van der Waals surface area contributed by atoms with Crippen LogP contribution in [0.25, 0.3) is 0 Å². The van der Waals surface area contributed by atoms with Crippen molar-refractivity contribution in [2.75, 3.05) is 18.8 Å². The van der Waals surface area contributed by atoms with Crippen LogP contribution in [0.2, 0.25) is 0 Å². The smallest absolute Gasteiger partial charge is 0.232 e. The maximum Gasteiger partial charge on any atom is 0.232 e. The van der Waals surface area contributed by atoms with Gasteiger partial charge in [0.05, 0.1) is 0 Å². The van der Waals surface area contributed by atoms with E-state index >= 15 is 0 Å². The van der Waals surface area contributed by atoms with Crippen molar-refractivity contribution in [2.45, 2.75) is 39.0 Å². The second-order valence-electron chi connectivity index (χ2n) is 5.06. The molecule has 1 saturated heterocycles. The van der Waals surface area contributed by atoms with Gasteiger partial charge in [-0.25, -0.2) is 4.67 Å². The second-order valence-corrected chi connectivity index (χ2v) is 10.1. The van der Waals surface area contributed by atoms with Gasteiger partial charge in [-0.05, 0) is 31.4 Å². The molecule has 4 heteroatoms. The van der Waals surface area contributed by atoms with E-state index in [9.17, 15) is 4.57 Å². The molecule has 2 rings (SSSR count). The summed E-state index contributed by atoms with van der Waals surface area (Å²) in [4.78, 5) is 0. The Labute approximate surface area is 121 Å². The van der Waals surface area contributed by atoms with E-state index in [1.807, 2.05) is 30.3 Å². The van der Waals surface area contributed by atoms with E-state index in [2.05, 4.69) is 11.6 Å². The number of piperidine rings is 1. The van der Waals surface area contributed by atoms with Gasteiger partial charge in [-0.15, -0.1) is 0 Å². The quantitative estimate of drug-likeness (QED) is 0.568. The molecule has 0 aliphatic carbocycles. The average Bonchev–Trinajstić information content (AvgIpc) is 2.49. The first-order valence-electron chi connectivity index (χ1n) is 7.33. The predicted octanol–water partition coefficient (Wildman–Crippen LogP) is 4.52. The normalized spacial score (nSPS) is 20.1. The number of hydrogen-bond acceptors (Lipinski definition) is 2. The molecule has 1 aliphatic rings. The molecule has 0 bridgehead atoms. The molecule has 2 nitrogen and oxygen atoms in total. The number of benzene rings is 1. The summed E-state index contributed by atoms with van der Waals surface area (Å²) in [5.41, 5.74) is 0. The van der Waals surface area contributed by atoms with Gasteiger partial charge in [-0.1, -0.05) is 49.3 Å². The van der Waals surface area contributed by atoms with E-state index < -0.39 is 6.49 Å². The summed E-state index contributed by atoms with van der Waals surface area (Å²) in [5.74, 6) is 0.999. The van der Waals surface area contributed by atoms with Crippen LogP contribution in [0.3, 0.4) is 0 Å². The number of rotatable bonds is 6. The van der Waals surface area contributed by atoms with Crippen LogP contribution < -0.4 is 5.30 Å². The molecular weight excluding hydrogens is 273 g/mol. The van der Waals surface area contributed by atoms with Gasteiger partial charge in [0, 0.05) is 24.1 Å². The largest absolute Gasteiger partial charge is 0.289 e. The summed E-state index contributed by atoms with van der Waals surface area (Å²) < 4.78 is 15.8. The van der Waals surface area contributed by atoms with Crippen LogP contribution in [0, 0.1) is 0 Å². The maximum atomic E-state index is 13.5. The molecule has 1 aromatic rings. The highest BCUT2D eigenvalue weighted by atomic mass is 32.7. The molecule has 1 unspecified atom stereocenters. The topological polar surface area (TPSA) is 20.3 Å². The van der Waals surface area contributed by atoms with Gasteiger partial charge in [0.1, 0.15) is 0 Å². The lowest BCUT2D eigenvalue weighted by Gasteiger charge is -2.34. The van der Waals surface area contributed by atoms with Gasteiger partial charge in [0.2, 0.25) is 6.49 Å². The Morgan fingerprint density at radius 3 is 2.47 bits per heavy atom. The molecule has 106 valence electrons. The van der Waals surface area contributed by atoms with Crippen molar-refractivity contribution in [1.29, 1.82) is 0 Å². The van der Waals surface area contributed by atoms with E-state index in [4.69, 9.17) is 0 Å². The molecule has 0 saturated carbocycles. The lowest BCUT2D eigenvalue weighted by atomic mass is 10.2. The second kappa shape index (κ2) is 7.52. The fraction of sp³-hybridized carbons (Fsp3) is 0.600. The Kier molecular flexibility index (Phi) is 6.00. The van der Waals surface area contributed by atoms with Crippen LogP contribution in [0.4, 0.5) is 0 Å². The highest BCUT2D eigenvalue weighted by Crippen LogP contribution is 2.61. The molecule has 1 aromatic carbocycles. The molecule has 0 N–H and O–H groups in total. The van der Waals surface area contributed by atoms with Crippen LogP contribution in [-0.4, -0.2) is 23.5 Å². The first kappa shape index (κ1) is 15.2. The van der Waals surface area contributed by atoms with Crippen molar-refractivity contribution in [3.63, 3.8) is 0 Å². The van der Waals surface area contributed by atoms with Gasteiger partial charge in [0.15, 0.2) is 0 Å². The third kappa shape index (κ3) is 3.87. The van der Waals surface area contributed by atoms with E-state index in [1.54, 1.807) is 11.4 Å². The van der Waals surface area contributed by atoms with Gasteiger partial charge < -0.3 is 0 Å². The summed E-state index contributed by atoms with van der Waals surface area (Å²) in [7, 11) is 0. The fourth-order valence-corrected chi connectivity index (χ4v) is 7.99. The first-order chi connectivity index (χ1) is 9.27. The standard InChI is InChI=1S/C15H24NOPS/c1-2-3-14-19-18(17,15-10-6-4-7-11-15)16-12-8-5-9-13-16/h4,6-7,10-11H,2-3,5,8-9,12-14H2,1H3. The van der Waals surface area contributed by atoms with Crippen molar-refractivity contribution in [1.82, 2.24) is 4.67 Å². The summed E-state index contributed by atoms with van der Waals surface area (Å²) in [6.45, 7) is 1.75. The van der Waals surface area contributed by atoms with Crippen LogP contribution in [0.1, 0.15) is 39.0 Å². The monoisotopic (exact) mass is 297 g/mol. The Hall–Kier alpha value is -0.240. The van der Waals surface area contributed by atoms with Crippen LogP contribution in [-0.2, 0) is 4.57 Å². The van der Waals surface area contributed by atoms with Crippen molar-refractivity contribution >= 4 is 23.2 Å². The molecule has 0 radical (unpaired) electrons. The van der Waals surface area contributed by atoms with E-state index in [1.165, 1.54) is 25.7 Å². The minimum atomic E-state index is -2.43. The van der Waals surface area contributed by atoms with E-state index in [0.29, 0.717) is 0 Å². The lowest BCUT2D eigenvalue weighted by Crippen LogP contribution is -2.30. The number of unbranched alkanes of at least 4 members (excludes halogenated alkanes) is 1. The van der Waals surface area contributed by atoms with Crippen LogP contribution >= 0.6 is 17.9 Å². The average molecular weight is 297 g/mol. The van der Waals surface area contributed by atoms with E-state index in [0.717, 1.165) is 30.6 Å². The summed E-state index contributed by atoms with van der Waals surface area (Å²) >= 11 is 1.69. The molecule has 19 heavy (non-hydrogen) atoms. The third-order valence-electron chi connectivity index (χ3n) is 3.55. The fourth-order valence-electron chi connectivity index (χ4n) is 2.41. The van der Waals surface area contributed by atoms with Crippen LogP contribution in [0.5, 0.6) is 0 Å². The Morgan fingerprint density at radius 1 is 1.16 bits per heavy atom. The summed E-state index contributed by atoms with van der Waals surface area (Å²) in [5, 5.41) is 1.03.